The third-order valence-corrected chi connectivity index (χ3v) is 7.44. The summed E-state index contributed by atoms with van der Waals surface area (Å²) in [6.07, 6.45) is 1.81. The van der Waals surface area contributed by atoms with Gasteiger partial charge in [-0.2, -0.15) is 5.11 Å². The number of carbonyl (C=O) groups excluding carboxylic acids is 1. The molecule has 4 aromatic rings. The van der Waals surface area contributed by atoms with Crippen LogP contribution >= 0.6 is 12.4 Å². The highest BCUT2D eigenvalue weighted by Gasteiger charge is 2.22. The molecule has 11 heteroatoms. The summed E-state index contributed by atoms with van der Waals surface area (Å²) in [4.78, 5) is 13.3. The Balaban J connectivity index is 0.00000529. The van der Waals surface area contributed by atoms with E-state index in [9.17, 15) is 9.90 Å². The first-order valence-electron chi connectivity index (χ1n) is 14.3. The first kappa shape index (κ1) is 34.3. The van der Waals surface area contributed by atoms with Crippen LogP contribution in [0.5, 0.6) is 17.2 Å². The fourth-order valence-electron chi connectivity index (χ4n) is 5.19. The van der Waals surface area contributed by atoms with E-state index in [1.807, 2.05) is 36.4 Å². The lowest BCUT2D eigenvalue weighted by molar-refractivity contribution is -0.922. The van der Waals surface area contributed by atoms with Gasteiger partial charge in [-0.25, -0.2) is 0 Å². The predicted molar refractivity (Wildman–Crippen MR) is 176 cm³/mol. The van der Waals surface area contributed by atoms with Gasteiger partial charge in [0.15, 0.2) is 0 Å². The maximum absolute atomic E-state index is 13.7. The van der Waals surface area contributed by atoms with Gasteiger partial charge < -0.3 is 35.8 Å². The van der Waals surface area contributed by atoms with Gasteiger partial charge in [0.05, 0.1) is 45.7 Å². The molecule has 4 aromatic carbocycles. The van der Waals surface area contributed by atoms with Crippen molar-refractivity contribution in [2.24, 2.45) is 21.7 Å². The van der Waals surface area contributed by atoms with E-state index in [1.165, 1.54) is 7.11 Å². The molecule has 0 radical (unpaired) electrons. The summed E-state index contributed by atoms with van der Waals surface area (Å²) in [6, 6.07) is 21.6. The van der Waals surface area contributed by atoms with Crippen molar-refractivity contribution in [1.29, 1.82) is 0 Å². The van der Waals surface area contributed by atoms with E-state index >= 15 is 0 Å². The van der Waals surface area contributed by atoms with Crippen molar-refractivity contribution in [3.05, 3.63) is 83.9 Å². The quantitative estimate of drug-likeness (QED) is 0.122. The second-order valence-corrected chi connectivity index (χ2v) is 10.7. The van der Waals surface area contributed by atoms with Crippen LogP contribution in [-0.2, 0) is 6.54 Å². The number of para-hydroxylation sites is 2. The Labute approximate surface area is 264 Å². The van der Waals surface area contributed by atoms with Crippen LogP contribution in [-0.4, -0.2) is 57.8 Å². The number of ether oxygens (including phenoxy) is 2. The van der Waals surface area contributed by atoms with Crippen LogP contribution in [0.1, 0.15) is 28.8 Å². The third-order valence-electron chi connectivity index (χ3n) is 7.44. The number of amides is 1. The number of benzene rings is 4. The zero-order valence-corrected chi connectivity index (χ0v) is 26.2. The van der Waals surface area contributed by atoms with Gasteiger partial charge in [0.2, 0.25) is 0 Å². The van der Waals surface area contributed by atoms with Crippen molar-refractivity contribution >= 4 is 46.1 Å². The molecule has 0 heterocycles. The van der Waals surface area contributed by atoms with Crippen molar-refractivity contribution in [2.45, 2.75) is 19.4 Å². The molecular weight excluding hydrogens is 580 g/mol. The van der Waals surface area contributed by atoms with E-state index in [4.69, 9.17) is 20.9 Å². The number of anilines is 1. The Morgan fingerprint density at radius 3 is 2.23 bits per heavy atom. The largest absolute Gasteiger partial charge is 0.870 e. The van der Waals surface area contributed by atoms with Crippen molar-refractivity contribution in [2.75, 3.05) is 52.8 Å². The van der Waals surface area contributed by atoms with Crippen LogP contribution in [0.25, 0.3) is 10.8 Å². The molecule has 0 atom stereocenters. The Hall–Kier alpha value is -4.22. The molecule has 1 amide bonds. The van der Waals surface area contributed by atoms with Crippen LogP contribution in [0, 0.1) is 0 Å². The standard InChI is InChI=1S/C33H40N6O4.ClH/c1-39(18-8-16-34,19-9-17-35)22-23-14-15-30(43-3)28(20-23)37-38-31-25-11-5-4-10-24(25)21-26(32(31)40)33(41)36-27-12-6-7-13-29(27)42-2;/h4-7,10-15,20-21H,8-9,16-19,22,34-35H2,1-3H3,(H-,36,37,40,41);1H. The average Bonchev–Trinajstić information content (AvgIpc) is 3.02. The molecule has 0 aliphatic heterocycles. The average molecular weight is 621 g/mol. The SMILES string of the molecule is COc1ccc(C[N+](C)(CCCN)CCCN)cc1N=Nc1c([O-])c(C(=O)Nc2ccccc2OC)cc2ccccc12.Cl. The van der Waals surface area contributed by atoms with Crippen molar-refractivity contribution in [1.82, 2.24) is 0 Å². The summed E-state index contributed by atoms with van der Waals surface area (Å²) in [5.41, 5.74) is 13.6. The minimum absolute atomic E-state index is 0. The number of hydrogen-bond acceptors (Lipinski definition) is 8. The second-order valence-electron chi connectivity index (χ2n) is 10.7. The third kappa shape index (κ3) is 8.23. The van der Waals surface area contributed by atoms with Gasteiger partial charge in [-0.15, -0.1) is 17.5 Å². The molecule has 0 unspecified atom stereocenters. The molecular formula is C33H41ClN6O4. The highest BCUT2D eigenvalue weighted by Crippen LogP contribution is 2.39. The van der Waals surface area contributed by atoms with Gasteiger partial charge in [0.25, 0.3) is 5.91 Å². The molecule has 0 spiro atoms. The zero-order valence-electron chi connectivity index (χ0n) is 25.4. The zero-order chi connectivity index (χ0) is 30.8. The summed E-state index contributed by atoms with van der Waals surface area (Å²) in [7, 11) is 5.28. The maximum atomic E-state index is 13.7. The highest BCUT2D eigenvalue weighted by atomic mass is 35.5. The summed E-state index contributed by atoms with van der Waals surface area (Å²) in [5.74, 6) is -0.0923. The molecule has 0 aliphatic carbocycles. The van der Waals surface area contributed by atoms with Gasteiger partial charge in [0, 0.05) is 29.4 Å². The maximum Gasteiger partial charge on any atom is 0.255 e. The number of nitrogens with two attached hydrogens (primary N) is 2. The highest BCUT2D eigenvalue weighted by molar-refractivity contribution is 6.12. The number of carbonyl (C=O) groups is 1. The van der Waals surface area contributed by atoms with E-state index in [0.717, 1.165) is 42.5 Å². The van der Waals surface area contributed by atoms with Crippen molar-refractivity contribution < 1.29 is 23.9 Å². The monoisotopic (exact) mass is 620 g/mol. The summed E-state index contributed by atoms with van der Waals surface area (Å²) >= 11 is 0. The first-order chi connectivity index (χ1) is 20.8. The number of methoxy groups -OCH3 is 2. The van der Waals surface area contributed by atoms with Gasteiger partial charge >= 0.3 is 0 Å². The number of nitrogens with zero attached hydrogens (tertiary/aromatic N) is 3. The number of hydrogen-bond donors (Lipinski definition) is 3. The Bertz CT molecular complexity index is 1590. The molecule has 5 N–H and O–H groups in total. The van der Waals surface area contributed by atoms with Gasteiger partial charge in [-0.1, -0.05) is 42.1 Å². The van der Waals surface area contributed by atoms with Crippen LogP contribution < -0.4 is 31.4 Å². The number of halogens is 1. The predicted octanol–water partition coefficient (Wildman–Crippen LogP) is 5.66. The van der Waals surface area contributed by atoms with Crippen molar-refractivity contribution in [3.8, 4) is 17.2 Å². The molecule has 4 rings (SSSR count). The van der Waals surface area contributed by atoms with Crippen LogP contribution in [0.2, 0.25) is 0 Å². The van der Waals surface area contributed by atoms with Gasteiger partial charge in [-0.3, -0.25) is 4.79 Å². The van der Waals surface area contributed by atoms with Gasteiger partial charge in [-0.05, 0) is 54.9 Å². The molecule has 0 bridgehead atoms. The Morgan fingerprint density at radius 2 is 1.55 bits per heavy atom. The van der Waals surface area contributed by atoms with E-state index in [-0.39, 0.29) is 23.7 Å². The molecule has 0 saturated heterocycles. The van der Waals surface area contributed by atoms with Crippen LogP contribution in [0.4, 0.5) is 17.1 Å². The molecule has 0 saturated carbocycles. The molecule has 0 aromatic heterocycles. The summed E-state index contributed by atoms with van der Waals surface area (Å²) in [5, 5.41) is 26.7. The topological polar surface area (TPSA) is 147 Å². The second kappa shape index (κ2) is 16.0. The Kier molecular flexibility index (Phi) is 12.5. The van der Waals surface area contributed by atoms with E-state index < -0.39 is 11.7 Å². The first-order valence-corrected chi connectivity index (χ1v) is 14.3. The number of nitrogens with one attached hydrogen (secondary N) is 1. The molecule has 0 aliphatic rings. The summed E-state index contributed by atoms with van der Waals surface area (Å²) < 4.78 is 11.7. The smallest absolute Gasteiger partial charge is 0.255 e. The number of rotatable bonds is 14. The normalized spacial score (nSPS) is 11.4. The molecule has 44 heavy (non-hydrogen) atoms. The molecule has 234 valence electrons. The molecule has 10 nitrogen and oxygen atoms in total. The number of fused-ring (bicyclic) bond motifs is 1. The minimum Gasteiger partial charge on any atom is -0.870 e. The van der Waals surface area contributed by atoms with E-state index in [1.54, 1.807) is 43.5 Å². The fourth-order valence-corrected chi connectivity index (χ4v) is 5.19. The lowest BCUT2D eigenvalue weighted by Gasteiger charge is -2.35. The molecule has 0 fully saturated rings. The summed E-state index contributed by atoms with van der Waals surface area (Å²) in [6.45, 7) is 3.85. The number of azo groups is 1. The van der Waals surface area contributed by atoms with Crippen LogP contribution in [0.3, 0.4) is 0 Å². The number of quaternary nitrogens is 1. The fraction of sp³-hybridized carbons (Fsp3) is 0.303. The Morgan fingerprint density at radius 1 is 0.886 bits per heavy atom. The van der Waals surface area contributed by atoms with Crippen LogP contribution in [0.15, 0.2) is 83.0 Å². The lowest BCUT2D eigenvalue weighted by Crippen LogP contribution is -2.45. The van der Waals surface area contributed by atoms with Crippen molar-refractivity contribution in [3.63, 3.8) is 0 Å². The minimum atomic E-state index is -0.566. The van der Waals surface area contributed by atoms with E-state index in [2.05, 4.69) is 22.6 Å². The van der Waals surface area contributed by atoms with Gasteiger partial charge in [0.1, 0.15) is 23.7 Å². The van der Waals surface area contributed by atoms with E-state index in [0.29, 0.717) is 46.7 Å². The lowest BCUT2D eigenvalue weighted by atomic mass is 10.0.